The maximum atomic E-state index is 13.4. The number of carbonyl (C=O) groups excluding carboxylic acids is 2. The minimum Gasteiger partial charge on any atom is -0.493 e. The smallest absolute Gasteiger partial charge is 0.413 e. The van der Waals surface area contributed by atoms with Crippen LogP contribution in [-0.4, -0.2) is 61.8 Å². The van der Waals surface area contributed by atoms with E-state index in [-0.39, 0.29) is 13.2 Å². The molecule has 0 fully saturated rings. The number of ether oxygens (including phenoxy) is 5. The largest absolute Gasteiger partial charge is 0.493 e. The van der Waals surface area contributed by atoms with Gasteiger partial charge in [-0.1, -0.05) is 6.07 Å². The average molecular weight is 440 g/mol. The van der Waals surface area contributed by atoms with Crippen LogP contribution in [0.15, 0.2) is 18.2 Å². The van der Waals surface area contributed by atoms with Crippen molar-refractivity contribution in [3.8, 4) is 11.5 Å². The fraction of sp³-hybridized carbons (Fsp3) is 0.652. The van der Waals surface area contributed by atoms with Gasteiger partial charge in [-0.2, -0.15) is 0 Å². The maximum absolute atomic E-state index is 13.4. The first-order chi connectivity index (χ1) is 14.2. The van der Waals surface area contributed by atoms with Crippen LogP contribution in [0.1, 0.15) is 54.0 Å². The molecule has 8 heteroatoms. The molecule has 0 heterocycles. The number of methoxy groups -OCH3 is 3. The molecule has 1 amide bonds. The number of nitrogens with zero attached hydrogens (tertiary/aromatic N) is 1. The van der Waals surface area contributed by atoms with E-state index in [1.165, 1.54) is 19.1 Å². The minimum absolute atomic E-state index is 0.144. The van der Waals surface area contributed by atoms with Crippen molar-refractivity contribution in [2.75, 3.05) is 28.1 Å². The van der Waals surface area contributed by atoms with Gasteiger partial charge < -0.3 is 23.7 Å². The molecule has 176 valence electrons. The zero-order valence-corrected chi connectivity index (χ0v) is 20.5. The van der Waals surface area contributed by atoms with Gasteiger partial charge >= 0.3 is 12.1 Å². The van der Waals surface area contributed by atoms with E-state index >= 15 is 0 Å². The van der Waals surface area contributed by atoms with Crippen LogP contribution in [-0.2, 0) is 25.4 Å². The summed E-state index contributed by atoms with van der Waals surface area (Å²) in [6, 6.07) is 5.32. The summed E-state index contributed by atoms with van der Waals surface area (Å²) in [6.45, 7) is 12.1. The summed E-state index contributed by atoms with van der Waals surface area (Å²) in [6.07, 6.45) is -0.534. The van der Waals surface area contributed by atoms with Crippen LogP contribution < -0.4 is 9.47 Å². The van der Waals surface area contributed by atoms with Crippen molar-refractivity contribution >= 4 is 12.1 Å². The highest BCUT2D eigenvalue weighted by atomic mass is 16.6. The number of hydrogen-bond acceptors (Lipinski definition) is 7. The Morgan fingerprint density at radius 1 is 0.839 bits per heavy atom. The quantitative estimate of drug-likeness (QED) is 0.444. The van der Waals surface area contributed by atoms with E-state index in [0.29, 0.717) is 11.5 Å². The third kappa shape index (κ3) is 7.61. The second-order valence-corrected chi connectivity index (χ2v) is 9.47. The maximum Gasteiger partial charge on any atom is 0.413 e. The number of benzene rings is 1. The Labute approximate surface area is 185 Å². The van der Waals surface area contributed by atoms with E-state index in [1.807, 2.05) is 6.07 Å². The molecule has 31 heavy (non-hydrogen) atoms. The number of hydrogen-bond donors (Lipinski definition) is 0. The molecular weight excluding hydrogens is 402 g/mol. The van der Waals surface area contributed by atoms with Crippen LogP contribution in [0.4, 0.5) is 4.79 Å². The predicted octanol–water partition coefficient (Wildman–Crippen LogP) is 4.19. The molecule has 0 aromatic heterocycles. The minimum atomic E-state index is -1.41. The molecule has 0 N–H and O–H groups in total. The van der Waals surface area contributed by atoms with Gasteiger partial charge in [0.15, 0.2) is 11.5 Å². The summed E-state index contributed by atoms with van der Waals surface area (Å²) < 4.78 is 27.2. The summed E-state index contributed by atoms with van der Waals surface area (Å²) in [7, 11) is 4.53. The highest BCUT2D eigenvalue weighted by molar-refractivity contribution is 5.86. The average Bonchev–Trinajstić information content (AvgIpc) is 2.62. The SMILES string of the molecule is COCN(C(=O)OC(C)(C)C)[C@@](C)(Cc1ccc(OC)c(OC)c1)C(=O)OC(C)(C)C. The van der Waals surface area contributed by atoms with Crippen molar-refractivity contribution in [3.05, 3.63) is 23.8 Å². The summed E-state index contributed by atoms with van der Waals surface area (Å²) in [4.78, 5) is 27.7. The van der Waals surface area contributed by atoms with Crippen LogP contribution in [0, 0.1) is 0 Å². The van der Waals surface area contributed by atoms with Crippen LogP contribution >= 0.6 is 0 Å². The fourth-order valence-corrected chi connectivity index (χ4v) is 2.90. The highest BCUT2D eigenvalue weighted by Gasteiger charge is 2.47. The lowest BCUT2D eigenvalue weighted by Crippen LogP contribution is -2.59. The highest BCUT2D eigenvalue weighted by Crippen LogP contribution is 2.32. The van der Waals surface area contributed by atoms with Crippen molar-refractivity contribution in [3.63, 3.8) is 0 Å². The van der Waals surface area contributed by atoms with Crippen molar-refractivity contribution < 1.29 is 33.3 Å². The normalized spacial score (nSPS) is 13.7. The number of carbonyl (C=O) groups is 2. The van der Waals surface area contributed by atoms with E-state index < -0.39 is 28.8 Å². The Morgan fingerprint density at radius 2 is 1.39 bits per heavy atom. The second-order valence-electron chi connectivity index (χ2n) is 9.47. The van der Waals surface area contributed by atoms with Gasteiger partial charge in [-0.3, -0.25) is 4.90 Å². The van der Waals surface area contributed by atoms with Gasteiger partial charge in [0, 0.05) is 13.5 Å². The van der Waals surface area contributed by atoms with Gasteiger partial charge in [-0.15, -0.1) is 0 Å². The molecule has 8 nitrogen and oxygen atoms in total. The third-order valence-corrected chi connectivity index (χ3v) is 4.30. The Kier molecular flexibility index (Phi) is 8.75. The van der Waals surface area contributed by atoms with Crippen molar-refractivity contribution in [2.24, 2.45) is 0 Å². The molecule has 0 radical (unpaired) electrons. The molecule has 0 saturated carbocycles. The second kappa shape index (κ2) is 10.2. The van der Waals surface area contributed by atoms with Crippen molar-refractivity contribution in [2.45, 2.75) is 71.6 Å². The molecule has 1 aromatic rings. The van der Waals surface area contributed by atoms with E-state index in [9.17, 15) is 9.59 Å². The van der Waals surface area contributed by atoms with Gasteiger partial charge in [-0.25, -0.2) is 9.59 Å². The molecule has 1 rings (SSSR count). The standard InChI is InChI=1S/C23H37NO7/c1-21(2,3)30-19(25)23(7,24(15-27-8)20(26)31-22(4,5)6)14-16-11-12-17(28-9)18(13-16)29-10/h11-13H,14-15H2,1-10H3/t23-/m0/s1. The first-order valence-corrected chi connectivity index (χ1v) is 10.1. The molecule has 0 bridgehead atoms. The molecule has 0 aliphatic rings. The van der Waals surface area contributed by atoms with Crippen LogP contribution in [0.2, 0.25) is 0 Å². The zero-order chi connectivity index (χ0) is 24.0. The number of rotatable bonds is 8. The van der Waals surface area contributed by atoms with E-state index in [2.05, 4.69) is 0 Å². The predicted molar refractivity (Wildman–Crippen MR) is 117 cm³/mol. The summed E-state index contributed by atoms with van der Waals surface area (Å²) in [5.74, 6) is 0.505. The third-order valence-electron chi connectivity index (χ3n) is 4.30. The molecular formula is C23H37NO7. The molecule has 0 spiro atoms. The van der Waals surface area contributed by atoms with E-state index in [0.717, 1.165) is 5.56 Å². The van der Waals surface area contributed by atoms with Gasteiger partial charge in [0.05, 0.1) is 14.2 Å². The Bertz CT molecular complexity index is 764. The lowest BCUT2D eigenvalue weighted by molar-refractivity contribution is -0.171. The Morgan fingerprint density at radius 3 is 1.84 bits per heavy atom. The Balaban J connectivity index is 3.48. The monoisotopic (exact) mass is 439 g/mol. The molecule has 0 saturated heterocycles. The van der Waals surface area contributed by atoms with Crippen molar-refractivity contribution in [1.82, 2.24) is 4.90 Å². The molecule has 1 aromatic carbocycles. The number of amides is 1. The zero-order valence-electron chi connectivity index (χ0n) is 20.5. The lowest BCUT2D eigenvalue weighted by Gasteiger charge is -2.40. The fourth-order valence-electron chi connectivity index (χ4n) is 2.90. The van der Waals surface area contributed by atoms with E-state index in [1.54, 1.807) is 67.7 Å². The van der Waals surface area contributed by atoms with Gasteiger partial charge in [0.25, 0.3) is 0 Å². The topological polar surface area (TPSA) is 83.5 Å². The van der Waals surface area contributed by atoms with Crippen LogP contribution in [0.25, 0.3) is 0 Å². The number of esters is 1. The van der Waals surface area contributed by atoms with Crippen LogP contribution in [0.3, 0.4) is 0 Å². The van der Waals surface area contributed by atoms with Crippen molar-refractivity contribution in [1.29, 1.82) is 0 Å². The van der Waals surface area contributed by atoms with Gasteiger partial charge in [-0.05, 0) is 66.2 Å². The van der Waals surface area contributed by atoms with Crippen LogP contribution in [0.5, 0.6) is 11.5 Å². The first kappa shape index (κ1) is 26.6. The van der Waals surface area contributed by atoms with Gasteiger partial charge in [0.1, 0.15) is 23.5 Å². The Hall–Kier alpha value is -2.48. The summed E-state index contributed by atoms with van der Waals surface area (Å²) in [5, 5.41) is 0. The molecule has 0 aliphatic heterocycles. The molecule has 1 atom stereocenters. The molecule has 0 unspecified atom stereocenters. The first-order valence-electron chi connectivity index (χ1n) is 10.1. The van der Waals surface area contributed by atoms with Gasteiger partial charge in [0.2, 0.25) is 0 Å². The van der Waals surface area contributed by atoms with E-state index in [4.69, 9.17) is 23.7 Å². The summed E-state index contributed by atoms with van der Waals surface area (Å²) in [5.41, 5.74) is -2.16. The summed E-state index contributed by atoms with van der Waals surface area (Å²) >= 11 is 0. The molecule has 0 aliphatic carbocycles. The lowest BCUT2D eigenvalue weighted by atomic mass is 9.90.